The molecule has 0 saturated heterocycles. The fraction of sp³-hybridized carbons (Fsp3) is 0.231. The summed E-state index contributed by atoms with van der Waals surface area (Å²) in [6, 6.07) is 5.60. The van der Waals surface area contributed by atoms with Crippen LogP contribution in [0.4, 0.5) is 0 Å². The number of hydrogen-bond donors (Lipinski definition) is 2. The SMILES string of the molecule is Cn1c(=O)oc2ccc(-c3[nH]ncc3CCN)cc21. The van der Waals surface area contributed by atoms with E-state index in [2.05, 4.69) is 10.2 Å². The largest absolute Gasteiger partial charge is 0.419 e. The molecule has 0 bridgehead atoms. The highest BCUT2D eigenvalue weighted by molar-refractivity contribution is 5.80. The molecular weight excluding hydrogens is 244 g/mol. The van der Waals surface area contributed by atoms with Gasteiger partial charge in [-0.25, -0.2) is 4.79 Å². The van der Waals surface area contributed by atoms with Gasteiger partial charge in [-0.1, -0.05) is 0 Å². The highest BCUT2D eigenvalue weighted by Gasteiger charge is 2.11. The van der Waals surface area contributed by atoms with Crippen molar-refractivity contribution in [3.63, 3.8) is 0 Å². The quantitative estimate of drug-likeness (QED) is 0.734. The molecule has 3 aromatic rings. The van der Waals surface area contributed by atoms with Gasteiger partial charge in [-0.15, -0.1) is 0 Å². The van der Waals surface area contributed by atoms with E-state index < -0.39 is 0 Å². The second-order valence-electron chi connectivity index (χ2n) is 4.42. The zero-order valence-electron chi connectivity index (χ0n) is 10.5. The molecule has 0 fully saturated rings. The second kappa shape index (κ2) is 4.40. The van der Waals surface area contributed by atoms with E-state index in [1.54, 1.807) is 19.3 Å². The van der Waals surface area contributed by atoms with E-state index in [1.165, 1.54) is 4.57 Å². The number of aryl methyl sites for hydroxylation is 1. The average molecular weight is 258 g/mol. The van der Waals surface area contributed by atoms with Crippen LogP contribution in [0.1, 0.15) is 5.56 Å². The molecule has 1 aromatic carbocycles. The molecule has 0 saturated carbocycles. The Kier molecular flexibility index (Phi) is 2.72. The van der Waals surface area contributed by atoms with Crippen LogP contribution in [0.5, 0.6) is 0 Å². The Morgan fingerprint density at radius 1 is 1.47 bits per heavy atom. The first-order valence-electron chi connectivity index (χ1n) is 6.03. The number of rotatable bonds is 3. The van der Waals surface area contributed by atoms with Crippen molar-refractivity contribution in [2.45, 2.75) is 6.42 Å². The number of nitrogens with two attached hydrogens (primary N) is 1. The summed E-state index contributed by atoms with van der Waals surface area (Å²) in [6.07, 6.45) is 2.54. The molecule has 0 amide bonds. The Balaban J connectivity index is 2.17. The smallest absolute Gasteiger partial charge is 0.408 e. The lowest BCUT2D eigenvalue weighted by Crippen LogP contribution is -2.08. The number of nitrogens with one attached hydrogen (secondary N) is 1. The van der Waals surface area contributed by atoms with Gasteiger partial charge in [-0.3, -0.25) is 9.67 Å². The van der Waals surface area contributed by atoms with Crippen molar-refractivity contribution < 1.29 is 4.42 Å². The van der Waals surface area contributed by atoms with Gasteiger partial charge < -0.3 is 10.2 Å². The average Bonchev–Trinajstić information content (AvgIpc) is 2.96. The number of benzene rings is 1. The minimum Gasteiger partial charge on any atom is -0.408 e. The lowest BCUT2D eigenvalue weighted by atomic mass is 10.1. The summed E-state index contributed by atoms with van der Waals surface area (Å²) in [5.74, 6) is -0.362. The van der Waals surface area contributed by atoms with E-state index in [0.717, 1.165) is 28.8 Å². The molecule has 0 atom stereocenters. The van der Waals surface area contributed by atoms with E-state index in [1.807, 2.05) is 12.1 Å². The predicted octanol–water partition coefficient (Wildman–Crippen LogP) is 1.02. The molecular formula is C13H14N4O2. The summed E-state index contributed by atoms with van der Waals surface area (Å²) in [5.41, 5.74) is 9.88. The van der Waals surface area contributed by atoms with Crippen LogP contribution in [-0.2, 0) is 13.5 Å². The maximum atomic E-state index is 11.5. The zero-order chi connectivity index (χ0) is 13.4. The molecule has 3 N–H and O–H groups in total. The topological polar surface area (TPSA) is 89.8 Å². The van der Waals surface area contributed by atoms with Crippen LogP contribution >= 0.6 is 0 Å². The third-order valence-corrected chi connectivity index (χ3v) is 3.21. The van der Waals surface area contributed by atoms with Crippen molar-refractivity contribution in [2.24, 2.45) is 12.8 Å². The number of nitrogens with zero attached hydrogens (tertiary/aromatic N) is 2. The molecule has 0 aliphatic heterocycles. The molecule has 0 aliphatic carbocycles. The number of H-pyrrole nitrogens is 1. The van der Waals surface area contributed by atoms with Crippen molar-refractivity contribution in [1.82, 2.24) is 14.8 Å². The van der Waals surface area contributed by atoms with Gasteiger partial charge in [0.05, 0.1) is 17.4 Å². The minimum absolute atomic E-state index is 0.362. The molecule has 0 radical (unpaired) electrons. The van der Waals surface area contributed by atoms with Crippen molar-refractivity contribution in [3.8, 4) is 11.3 Å². The molecule has 3 rings (SSSR count). The summed E-state index contributed by atoms with van der Waals surface area (Å²) in [4.78, 5) is 11.5. The van der Waals surface area contributed by atoms with Gasteiger partial charge >= 0.3 is 5.76 Å². The van der Waals surface area contributed by atoms with E-state index in [9.17, 15) is 4.79 Å². The molecule has 98 valence electrons. The van der Waals surface area contributed by atoms with Gasteiger partial charge in [0, 0.05) is 12.6 Å². The standard InChI is InChI=1S/C13H14N4O2/c1-17-10-6-8(2-3-11(10)19-13(17)18)12-9(4-5-14)7-15-16-12/h2-3,6-7H,4-5,14H2,1H3,(H,15,16). The maximum absolute atomic E-state index is 11.5. The normalized spacial score (nSPS) is 11.3. The predicted molar refractivity (Wildman–Crippen MR) is 71.8 cm³/mol. The highest BCUT2D eigenvalue weighted by Crippen LogP contribution is 2.25. The third-order valence-electron chi connectivity index (χ3n) is 3.21. The zero-order valence-corrected chi connectivity index (χ0v) is 10.5. The van der Waals surface area contributed by atoms with Crippen LogP contribution in [0.15, 0.2) is 33.6 Å². The van der Waals surface area contributed by atoms with Crippen molar-refractivity contribution in [3.05, 3.63) is 40.5 Å². The number of hydrogen-bond acceptors (Lipinski definition) is 4. The fourth-order valence-corrected chi connectivity index (χ4v) is 2.19. The Bertz CT molecular complexity index is 781. The summed E-state index contributed by atoms with van der Waals surface area (Å²) in [6.45, 7) is 0.568. The monoisotopic (exact) mass is 258 g/mol. The minimum atomic E-state index is -0.362. The molecule has 6 heteroatoms. The Hall–Kier alpha value is -2.34. The Morgan fingerprint density at radius 3 is 3.11 bits per heavy atom. The van der Waals surface area contributed by atoms with E-state index in [4.69, 9.17) is 10.2 Å². The number of aromatic nitrogens is 3. The van der Waals surface area contributed by atoms with Crippen LogP contribution in [0, 0.1) is 0 Å². The van der Waals surface area contributed by atoms with Gasteiger partial charge in [0.2, 0.25) is 0 Å². The van der Waals surface area contributed by atoms with Crippen LogP contribution < -0.4 is 11.5 Å². The lowest BCUT2D eigenvalue weighted by Gasteiger charge is -2.02. The summed E-state index contributed by atoms with van der Waals surface area (Å²) in [5, 5.41) is 7.03. The van der Waals surface area contributed by atoms with Gasteiger partial charge in [-0.2, -0.15) is 5.10 Å². The lowest BCUT2D eigenvalue weighted by molar-refractivity contribution is 0.528. The number of aromatic amines is 1. The van der Waals surface area contributed by atoms with Crippen molar-refractivity contribution in [1.29, 1.82) is 0 Å². The summed E-state index contributed by atoms with van der Waals surface area (Å²) >= 11 is 0. The molecule has 0 spiro atoms. The number of oxazole rings is 1. The highest BCUT2D eigenvalue weighted by atomic mass is 16.4. The first-order valence-corrected chi connectivity index (χ1v) is 6.03. The van der Waals surface area contributed by atoms with Crippen molar-refractivity contribution >= 4 is 11.1 Å². The number of fused-ring (bicyclic) bond motifs is 1. The first-order chi connectivity index (χ1) is 9.20. The van der Waals surface area contributed by atoms with Crippen LogP contribution in [0.2, 0.25) is 0 Å². The van der Waals surface area contributed by atoms with Crippen LogP contribution in [0.25, 0.3) is 22.4 Å². The first kappa shape index (κ1) is 11.7. The Morgan fingerprint density at radius 2 is 2.32 bits per heavy atom. The molecule has 2 heterocycles. The summed E-state index contributed by atoms with van der Waals surface area (Å²) in [7, 11) is 1.69. The van der Waals surface area contributed by atoms with E-state index >= 15 is 0 Å². The maximum Gasteiger partial charge on any atom is 0.419 e. The Labute approximate surface area is 108 Å². The van der Waals surface area contributed by atoms with Gasteiger partial charge in [0.1, 0.15) is 0 Å². The van der Waals surface area contributed by atoms with E-state index in [0.29, 0.717) is 12.1 Å². The molecule has 19 heavy (non-hydrogen) atoms. The fourth-order valence-electron chi connectivity index (χ4n) is 2.19. The molecule has 6 nitrogen and oxygen atoms in total. The van der Waals surface area contributed by atoms with Crippen LogP contribution in [-0.4, -0.2) is 21.3 Å². The summed E-state index contributed by atoms with van der Waals surface area (Å²) < 4.78 is 6.59. The van der Waals surface area contributed by atoms with Gasteiger partial charge in [-0.05, 0) is 36.7 Å². The van der Waals surface area contributed by atoms with Crippen LogP contribution in [0.3, 0.4) is 0 Å². The molecule has 0 unspecified atom stereocenters. The third kappa shape index (κ3) is 1.86. The molecule has 2 aromatic heterocycles. The van der Waals surface area contributed by atoms with Gasteiger partial charge in [0.15, 0.2) is 5.58 Å². The molecule has 0 aliphatic rings. The van der Waals surface area contributed by atoms with E-state index in [-0.39, 0.29) is 5.76 Å². The van der Waals surface area contributed by atoms with Gasteiger partial charge in [0.25, 0.3) is 0 Å². The van der Waals surface area contributed by atoms with Crippen molar-refractivity contribution in [2.75, 3.05) is 6.54 Å². The second-order valence-corrected chi connectivity index (χ2v) is 4.42.